The van der Waals surface area contributed by atoms with E-state index in [1.165, 1.54) is 4.88 Å². The number of aromatic nitrogens is 4. The molecule has 0 spiro atoms. The number of likely N-dealkylation sites (tertiary alicyclic amines) is 1. The molecule has 8 nitrogen and oxygen atoms in total. The molecule has 1 atom stereocenters. The van der Waals surface area contributed by atoms with Crippen LogP contribution in [0, 0.1) is 0 Å². The normalized spacial score (nSPS) is 18.5. The van der Waals surface area contributed by atoms with Gasteiger partial charge in [-0.25, -0.2) is 14.6 Å². The number of carboxylic acid groups (broad SMARTS) is 1. The first-order valence-electron chi connectivity index (χ1n) is 10.6. The Morgan fingerprint density at radius 3 is 3.06 bits per heavy atom. The number of hydrogen-bond acceptors (Lipinski definition) is 7. The summed E-state index contributed by atoms with van der Waals surface area (Å²) in [6, 6.07) is 5.96. The lowest BCUT2D eigenvalue weighted by atomic mass is 10.1. The Bertz CT molecular complexity index is 1120. The highest BCUT2D eigenvalue weighted by atomic mass is 32.1. The monoisotopic (exact) mass is 439 g/mol. The van der Waals surface area contributed by atoms with Gasteiger partial charge in [0.15, 0.2) is 10.8 Å². The maximum absolute atomic E-state index is 11.5. The Morgan fingerprint density at radius 2 is 2.26 bits per heavy atom. The zero-order chi connectivity index (χ0) is 21.5. The van der Waals surface area contributed by atoms with Gasteiger partial charge in [-0.2, -0.15) is 5.10 Å². The zero-order valence-corrected chi connectivity index (χ0v) is 18.4. The standard InChI is InChI=1S/C22H25N5O3S/c1-13(2)27-20(23-12-24-27)21-25-19-15-6-5-14(10-17(15)30-9-7-18(19)31-21)11-26-8-3-4-16(26)22(28)29/h5-6,10,12-13,16H,3-4,7-9,11H2,1-2H3,(H,28,29). The zero-order valence-electron chi connectivity index (χ0n) is 17.6. The number of carbonyl (C=O) groups is 1. The van der Waals surface area contributed by atoms with Crippen molar-refractivity contribution >= 4 is 17.3 Å². The van der Waals surface area contributed by atoms with Crippen LogP contribution in [0.2, 0.25) is 0 Å². The fourth-order valence-electron chi connectivity index (χ4n) is 4.37. The van der Waals surface area contributed by atoms with Crippen LogP contribution in [0.25, 0.3) is 22.1 Å². The molecule has 0 saturated carbocycles. The topological polar surface area (TPSA) is 93.4 Å². The minimum Gasteiger partial charge on any atom is -0.492 e. The third-order valence-corrected chi connectivity index (χ3v) is 6.98. The minimum atomic E-state index is -0.739. The van der Waals surface area contributed by atoms with E-state index in [-0.39, 0.29) is 6.04 Å². The SMILES string of the molecule is CC(C)n1ncnc1-c1nc2c(s1)CCOc1cc(CN3CCCC3C(=O)O)ccc1-2. The molecule has 2 aromatic heterocycles. The van der Waals surface area contributed by atoms with E-state index in [4.69, 9.17) is 9.72 Å². The van der Waals surface area contributed by atoms with Crippen LogP contribution in [0.1, 0.15) is 43.2 Å². The van der Waals surface area contributed by atoms with Gasteiger partial charge in [-0.05, 0) is 50.9 Å². The maximum Gasteiger partial charge on any atom is 0.320 e. The molecule has 0 bridgehead atoms. The molecule has 0 radical (unpaired) electrons. The molecule has 2 aliphatic rings. The molecule has 5 rings (SSSR count). The Hall–Kier alpha value is -2.78. The summed E-state index contributed by atoms with van der Waals surface area (Å²) in [6.07, 6.45) is 4.00. The van der Waals surface area contributed by atoms with E-state index in [9.17, 15) is 9.90 Å². The molecule has 162 valence electrons. The van der Waals surface area contributed by atoms with Crippen LogP contribution in [-0.2, 0) is 17.8 Å². The largest absolute Gasteiger partial charge is 0.492 e. The van der Waals surface area contributed by atoms with Crippen molar-refractivity contribution in [3.63, 3.8) is 0 Å². The molecule has 0 amide bonds. The molecule has 3 aromatic rings. The van der Waals surface area contributed by atoms with Gasteiger partial charge >= 0.3 is 5.97 Å². The quantitative estimate of drug-likeness (QED) is 0.649. The highest BCUT2D eigenvalue weighted by Crippen LogP contribution is 2.40. The number of benzene rings is 1. The van der Waals surface area contributed by atoms with Gasteiger partial charge in [0.25, 0.3) is 0 Å². The lowest BCUT2D eigenvalue weighted by Crippen LogP contribution is -2.35. The molecule has 1 N–H and O–H groups in total. The highest BCUT2D eigenvalue weighted by molar-refractivity contribution is 7.15. The van der Waals surface area contributed by atoms with Crippen LogP contribution in [-0.4, -0.2) is 54.9 Å². The Balaban J connectivity index is 1.46. The number of nitrogens with zero attached hydrogens (tertiary/aromatic N) is 5. The number of ether oxygens (including phenoxy) is 1. The van der Waals surface area contributed by atoms with Crippen LogP contribution in [0.15, 0.2) is 24.5 Å². The first kappa shape index (κ1) is 20.1. The van der Waals surface area contributed by atoms with Crippen molar-refractivity contribution in [3.8, 4) is 27.8 Å². The second-order valence-corrected chi connectivity index (χ2v) is 9.39. The van der Waals surface area contributed by atoms with Crippen molar-refractivity contribution in [1.29, 1.82) is 0 Å². The Kier molecular flexibility index (Phi) is 5.23. The number of hydrogen-bond donors (Lipinski definition) is 1. The van der Waals surface area contributed by atoms with Gasteiger partial charge in [0.1, 0.15) is 18.1 Å². The number of thiazole rings is 1. The van der Waals surface area contributed by atoms with Gasteiger partial charge in [0.2, 0.25) is 0 Å². The van der Waals surface area contributed by atoms with Gasteiger partial charge in [-0.1, -0.05) is 6.07 Å². The minimum absolute atomic E-state index is 0.208. The van der Waals surface area contributed by atoms with Crippen molar-refractivity contribution in [3.05, 3.63) is 35.0 Å². The van der Waals surface area contributed by atoms with Gasteiger partial charge in [-0.15, -0.1) is 11.3 Å². The number of rotatable bonds is 5. The third kappa shape index (κ3) is 3.72. The molecular weight excluding hydrogens is 414 g/mol. The number of carboxylic acids is 1. The van der Waals surface area contributed by atoms with E-state index in [0.29, 0.717) is 19.6 Å². The summed E-state index contributed by atoms with van der Waals surface area (Å²) in [6.45, 7) is 6.17. The smallest absolute Gasteiger partial charge is 0.320 e. The summed E-state index contributed by atoms with van der Waals surface area (Å²) in [5, 5.41) is 14.7. The molecule has 1 unspecified atom stereocenters. The summed E-state index contributed by atoms with van der Waals surface area (Å²) in [5.41, 5.74) is 2.98. The summed E-state index contributed by atoms with van der Waals surface area (Å²) >= 11 is 1.65. The lowest BCUT2D eigenvalue weighted by Gasteiger charge is -2.21. The van der Waals surface area contributed by atoms with Crippen LogP contribution in [0.5, 0.6) is 5.75 Å². The second-order valence-electron chi connectivity index (χ2n) is 8.31. The lowest BCUT2D eigenvalue weighted by molar-refractivity contribution is -0.142. The molecule has 1 fully saturated rings. The average Bonchev–Trinajstić information content (AvgIpc) is 3.46. The van der Waals surface area contributed by atoms with Gasteiger partial charge < -0.3 is 9.84 Å². The van der Waals surface area contributed by atoms with Crippen LogP contribution >= 0.6 is 11.3 Å². The molecule has 1 saturated heterocycles. The van der Waals surface area contributed by atoms with E-state index < -0.39 is 12.0 Å². The predicted molar refractivity (Wildman–Crippen MR) is 117 cm³/mol. The van der Waals surface area contributed by atoms with E-state index >= 15 is 0 Å². The van der Waals surface area contributed by atoms with E-state index in [1.54, 1.807) is 17.7 Å². The fourth-order valence-corrected chi connectivity index (χ4v) is 5.42. The molecule has 31 heavy (non-hydrogen) atoms. The number of aliphatic carboxylic acids is 1. The Morgan fingerprint density at radius 1 is 1.39 bits per heavy atom. The van der Waals surface area contributed by atoms with Gasteiger partial charge in [0, 0.05) is 29.4 Å². The van der Waals surface area contributed by atoms with Gasteiger partial charge in [0.05, 0.1) is 12.3 Å². The summed E-state index contributed by atoms with van der Waals surface area (Å²) in [7, 11) is 0. The van der Waals surface area contributed by atoms with Crippen molar-refractivity contribution < 1.29 is 14.6 Å². The molecule has 9 heteroatoms. The Labute approximate surface area is 184 Å². The number of fused-ring (bicyclic) bond motifs is 3. The molecule has 2 aliphatic heterocycles. The predicted octanol–water partition coefficient (Wildman–Crippen LogP) is 3.63. The maximum atomic E-state index is 11.5. The van der Waals surface area contributed by atoms with E-state index in [2.05, 4.69) is 36.1 Å². The molecule has 1 aromatic carbocycles. The summed E-state index contributed by atoms with van der Waals surface area (Å²) < 4.78 is 7.96. The van der Waals surface area contributed by atoms with Crippen molar-refractivity contribution in [2.24, 2.45) is 0 Å². The fraction of sp³-hybridized carbons (Fsp3) is 0.455. The van der Waals surface area contributed by atoms with E-state index in [0.717, 1.165) is 52.8 Å². The van der Waals surface area contributed by atoms with Crippen molar-refractivity contribution in [2.75, 3.05) is 13.2 Å². The van der Waals surface area contributed by atoms with Crippen LogP contribution in [0.4, 0.5) is 0 Å². The summed E-state index contributed by atoms with van der Waals surface area (Å²) in [4.78, 5) is 24.1. The van der Waals surface area contributed by atoms with Crippen LogP contribution < -0.4 is 4.74 Å². The molecule has 4 heterocycles. The highest BCUT2D eigenvalue weighted by Gasteiger charge is 2.31. The first-order chi connectivity index (χ1) is 15.0. The van der Waals surface area contributed by atoms with E-state index in [1.807, 2.05) is 15.6 Å². The van der Waals surface area contributed by atoms with Crippen LogP contribution in [0.3, 0.4) is 0 Å². The molecular formula is C22H25N5O3S. The van der Waals surface area contributed by atoms with Gasteiger partial charge in [-0.3, -0.25) is 9.69 Å². The average molecular weight is 440 g/mol. The second kappa shape index (κ2) is 8.05. The first-order valence-corrected chi connectivity index (χ1v) is 11.5. The third-order valence-electron chi connectivity index (χ3n) is 5.87. The van der Waals surface area contributed by atoms with Crippen molar-refractivity contribution in [2.45, 2.75) is 51.7 Å². The molecule has 0 aliphatic carbocycles. The summed E-state index contributed by atoms with van der Waals surface area (Å²) in [5.74, 6) is 0.864. The van der Waals surface area contributed by atoms with Crippen molar-refractivity contribution in [1.82, 2.24) is 24.6 Å².